The highest BCUT2D eigenvalue weighted by atomic mass is 19.1. The quantitative estimate of drug-likeness (QED) is 0.644. The monoisotopic (exact) mass is 433 g/mol. The number of benzene rings is 2. The van der Waals surface area contributed by atoms with Crippen LogP contribution in [0.3, 0.4) is 0 Å². The van der Waals surface area contributed by atoms with Gasteiger partial charge in [-0.05, 0) is 42.7 Å². The van der Waals surface area contributed by atoms with Crippen molar-refractivity contribution in [2.45, 2.75) is 25.8 Å². The Kier molecular flexibility index (Phi) is 6.44. The fourth-order valence-electron chi connectivity index (χ4n) is 3.85. The number of carbonyl (C=O) groups excluding carboxylic acids is 2. The van der Waals surface area contributed by atoms with E-state index in [-0.39, 0.29) is 30.6 Å². The number of ether oxygens (including phenoxy) is 1. The molecule has 1 aromatic heterocycles. The number of hydrogen-bond donors (Lipinski definition) is 1. The van der Waals surface area contributed by atoms with Gasteiger partial charge in [0.15, 0.2) is 0 Å². The molecule has 6 nitrogen and oxygen atoms in total. The minimum absolute atomic E-state index is 0.0745. The molecule has 0 atom stereocenters. The van der Waals surface area contributed by atoms with Crippen LogP contribution in [0.4, 0.5) is 10.1 Å². The van der Waals surface area contributed by atoms with Crippen LogP contribution >= 0.6 is 0 Å². The van der Waals surface area contributed by atoms with Crippen molar-refractivity contribution in [3.05, 3.63) is 89.0 Å². The predicted octanol–water partition coefficient (Wildman–Crippen LogP) is 3.68. The van der Waals surface area contributed by atoms with Crippen LogP contribution in [0.5, 0.6) is 5.75 Å². The molecule has 4 rings (SSSR count). The highest BCUT2D eigenvalue weighted by Crippen LogP contribution is 2.28. The molecule has 2 heterocycles. The van der Waals surface area contributed by atoms with Crippen LogP contribution in [-0.4, -0.2) is 30.5 Å². The zero-order chi connectivity index (χ0) is 22.5. The molecular weight excluding hydrogens is 409 g/mol. The van der Waals surface area contributed by atoms with E-state index in [1.165, 1.54) is 18.3 Å². The Morgan fingerprint density at radius 3 is 2.81 bits per heavy atom. The number of fused-ring (bicyclic) bond motifs is 1. The summed E-state index contributed by atoms with van der Waals surface area (Å²) in [4.78, 5) is 31.9. The standard InChI is InChI=1S/C25H24FN3O3/c1-32-23-10-3-2-7-18(23)14-24(30)29-11-5-9-21-22(29)13-19(16-27-21)25(31)28-15-17-6-4-8-20(26)12-17/h2-4,6-8,10,12-13,16H,5,9,11,14-15H2,1H3,(H,28,31). The van der Waals surface area contributed by atoms with Gasteiger partial charge in [0.2, 0.25) is 5.91 Å². The molecule has 0 saturated carbocycles. The summed E-state index contributed by atoms with van der Waals surface area (Å²) in [7, 11) is 1.58. The van der Waals surface area contributed by atoms with Gasteiger partial charge in [0.25, 0.3) is 5.91 Å². The molecule has 0 aliphatic carbocycles. The maximum absolute atomic E-state index is 13.4. The molecule has 0 fully saturated rings. The first-order valence-corrected chi connectivity index (χ1v) is 10.5. The van der Waals surface area contributed by atoms with Crippen molar-refractivity contribution in [3.8, 4) is 5.75 Å². The summed E-state index contributed by atoms with van der Waals surface area (Å²) < 4.78 is 18.7. The van der Waals surface area contributed by atoms with Crippen molar-refractivity contribution in [1.82, 2.24) is 10.3 Å². The number of nitrogens with zero attached hydrogens (tertiary/aromatic N) is 2. The van der Waals surface area contributed by atoms with E-state index in [1.807, 2.05) is 24.3 Å². The third-order valence-electron chi connectivity index (χ3n) is 5.47. The number of aromatic nitrogens is 1. The lowest BCUT2D eigenvalue weighted by Gasteiger charge is -2.29. The van der Waals surface area contributed by atoms with Crippen LogP contribution < -0.4 is 15.0 Å². The van der Waals surface area contributed by atoms with Gasteiger partial charge in [-0.3, -0.25) is 14.6 Å². The van der Waals surface area contributed by atoms with E-state index >= 15 is 0 Å². The molecule has 2 aromatic carbocycles. The van der Waals surface area contributed by atoms with E-state index in [1.54, 1.807) is 30.2 Å². The van der Waals surface area contributed by atoms with Gasteiger partial charge >= 0.3 is 0 Å². The van der Waals surface area contributed by atoms with Gasteiger partial charge in [-0.15, -0.1) is 0 Å². The second-order valence-corrected chi connectivity index (χ2v) is 7.64. The summed E-state index contributed by atoms with van der Waals surface area (Å²) in [5.41, 5.74) is 3.29. The molecule has 164 valence electrons. The summed E-state index contributed by atoms with van der Waals surface area (Å²) in [6.45, 7) is 0.765. The van der Waals surface area contributed by atoms with Gasteiger partial charge in [0.05, 0.1) is 30.5 Å². The second kappa shape index (κ2) is 9.60. The minimum atomic E-state index is -0.351. The topological polar surface area (TPSA) is 71.5 Å². The zero-order valence-electron chi connectivity index (χ0n) is 17.8. The number of amides is 2. The number of pyridine rings is 1. The first-order chi connectivity index (χ1) is 15.5. The summed E-state index contributed by atoms with van der Waals surface area (Å²) in [5.74, 6) is -0.0834. The van der Waals surface area contributed by atoms with Gasteiger partial charge in [0, 0.05) is 24.8 Å². The molecule has 1 aliphatic heterocycles. The lowest BCUT2D eigenvalue weighted by atomic mass is 10.0. The van der Waals surface area contributed by atoms with Crippen molar-refractivity contribution < 1.29 is 18.7 Å². The summed E-state index contributed by atoms with van der Waals surface area (Å²) in [6.07, 6.45) is 3.27. The molecule has 1 N–H and O–H groups in total. The van der Waals surface area contributed by atoms with E-state index < -0.39 is 0 Å². The van der Waals surface area contributed by atoms with Gasteiger partial charge in [-0.1, -0.05) is 30.3 Å². The van der Waals surface area contributed by atoms with E-state index in [0.717, 1.165) is 24.1 Å². The largest absolute Gasteiger partial charge is 0.496 e. The van der Waals surface area contributed by atoms with Crippen LogP contribution in [0.1, 0.15) is 33.6 Å². The van der Waals surface area contributed by atoms with E-state index in [4.69, 9.17) is 4.74 Å². The molecule has 0 saturated heterocycles. The molecule has 3 aromatic rings. The van der Waals surface area contributed by atoms with Crippen LogP contribution in [0.25, 0.3) is 0 Å². The number of carbonyl (C=O) groups is 2. The minimum Gasteiger partial charge on any atom is -0.496 e. The number of anilines is 1. The lowest BCUT2D eigenvalue weighted by Crippen LogP contribution is -2.37. The number of hydrogen-bond acceptors (Lipinski definition) is 4. The van der Waals surface area contributed by atoms with Crippen molar-refractivity contribution in [2.75, 3.05) is 18.6 Å². The zero-order valence-corrected chi connectivity index (χ0v) is 17.8. The van der Waals surface area contributed by atoms with Crippen LogP contribution in [-0.2, 0) is 24.2 Å². The third-order valence-corrected chi connectivity index (χ3v) is 5.47. The number of nitrogens with one attached hydrogen (secondary N) is 1. The Bertz CT molecular complexity index is 1150. The molecular formula is C25H24FN3O3. The summed E-state index contributed by atoms with van der Waals surface area (Å²) in [6, 6.07) is 15.2. The molecule has 1 aliphatic rings. The maximum atomic E-state index is 13.4. The Morgan fingerprint density at radius 1 is 1.16 bits per heavy atom. The maximum Gasteiger partial charge on any atom is 0.253 e. The van der Waals surface area contributed by atoms with E-state index in [0.29, 0.717) is 29.1 Å². The fraction of sp³-hybridized carbons (Fsp3) is 0.240. The first-order valence-electron chi connectivity index (χ1n) is 10.5. The lowest BCUT2D eigenvalue weighted by molar-refractivity contribution is -0.118. The number of aryl methyl sites for hydroxylation is 1. The number of para-hydroxylation sites is 1. The smallest absolute Gasteiger partial charge is 0.253 e. The molecule has 0 radical (unpaired) electrons. The molecule has 7 heteroatoms. The van der Waals surface area contributed by atoms with Gasteiger partial charge in [0.1, 0.15) is 11.6 Å². The Labute approximate surface area is 186 Å². The molecule has 0 unspecified atom stereocenters. The van der Waals surface area contributed by atoms with Crippen molar-refractivity contribution in [2.24, 2.45) is 0 Å². The highest BCUT2D eigenvalue weighted by molar-refractivity contribution is 5.99. The Balaban J connectivity index is 1.51. The van der Waals surface area contributed by atoms with Gasteiger partial charge in [-0.2, -0.15) is 0 Å². The van der Waals surface area contributed by atoms with Crippen LogP contribution in [0.15, 0.2) is 60.8 Å². The summed E-state index contributed by atoms with van der Waals surface area (Å²) in [5, 5.41) is 2.78. The Hall–Kier alpha value is -3.74. The van der Waals surface area contributed by atoms with E-state index in [2.05, 4.69) is 10.3 Å². The fourth-order valence-corrected chi connectivity index (χ4v) is 3.85. The SMILES string of the molecule is COc1ccccc1CC(=O)N1CCCc2ncc(C(=O)NCc3cccc(F)c3)cc21. The molecule has 0 spiro atoms. The normalized spacial score (nSPS) is 12.8. The van der Waals surface area contributed by atoms with Gasteiger partial charge < -0.3 is 15.0 Å². The van der Waals surface area contributed by atoms with Crippen molar-refractivity contribution in [1.29, 1.82) is 0 Å². The third kappa shape index (κ3) is 4.77. The van der Waals surface area contributed by atoms with Crippen molar-refractivity contribution >= 4 is 17.5 Å². The molecule has 2 amide bonds. The van der Waals surface area contributed by atoms with Gasteiger partial charge in [-0.25, -0.2) is 4.39 Å². The molecule has 0 bridgehead atoms. The average molecular weight is 433 g/mol. The number of methoxy groups -OCH3 is 1. The van der Waals surface area contributed by atoms with E-state index in [9.17, 15) is 14.0 Å². The highest BCUT2D eigenvalue weighted by Gasteiger charge is 2.25. The van der Waals surface area contributed by atoms with Crippen molar-refractivity contribution in [3.63, 3.8) is 0 Å². The second-order valence-electron chi connectivity index (χ2n) is 7.64. The first kappa shape index (κ1) is 21.5. The average Bonchev–Trinajstić information content (AvgIpc) is 2.82. The summed E-state index contributed by atoms with van der Waals surface area (Å²) >= 11 is 0. The number of rotatable bonds is 6. The Morgan fingerprint density at radius 2 is 2.00 bits per heavy atom. The van der Waals surface area contributed by atoms with Crippen LogP contribution in [0.2, 0.25) is 0 Å². The number of halogens is 1. The predicted molar refractivity (Wildman–Crippen MR) is 119 cm³/mol. The van der Waals surface area contributed by atoms with Crippen LogP contribution in [0, 0.1) is 5.82 Å². The molecule has 32 heavy (non-hydrogen) atoms.